The number of benzene rings is 3. The highest BCUT2D eigenvalue weighted by atomic mass is 16.6. The van der Waals surface area contributed by atoms with Crippen LogP contribution in [-0.4, -0.2) is 16.7 Å². The summed E-state index contributed by atoms with van der Waals surface area (Å²) in [6.45, 7) is 0. The van der Waals surface area contributed by atoms with Crippen LogP contribution in [0.15, 0.2) is 66.7 Å². The molecule has 0 aromatic heterocycles. The number of phenols is 1. The topological polar surface area (TPSA) is 66.9 Å². The van der Waals surface area contributed by atoms with Crippen LogP contribution in [0.1, 0.15) is 31.8 Å². The predicted octanol–water partition coefficient (Wildman–Crippen LogP) is 3.96. The second-order valence-electron chi connectivity index (χ2n) is 5.45. The number of fused-ring (bicyclic) bond motifs is 3. The van der Waals surface area contributed by atoms with Crippen molar-refractivity contribution in [2.24, 2.45) is 0 Å². The van der Waals surface area contributed by atoms with Gasteiger partial charge in [-0.2, -0.15) is 0 Å². The minimum absolute atomic E-state index is 0.108. The summed E-state index contributed by atoms with van der Waals surface area (Å²) in [5.41, 5.74) is 1.13. The molecular weight excluding hydrogens is 304 g/mol. The first kappa shape index (κ1) is 14.2. The number of phenolic OH excluding ortho intramolecular Hbond substituents is 1. The minimum Gasteiger partial charge on any atom is -0.507 e. The molecule has 4 heteroatoms. The van der Waals surface area contributed by atoms with Crippen LogP contribution in [0.2, 0.25) is 0 Å². The van der Waals surface area contributed by atoms with Crippen LogP contribution in [0, 0.1) is 0 Å². The van der Waals surface area contributed by atoms with E-state index in [1.54, 1.807) is 36.4 Å². The molecule has 1 aliphatic carbocycles. The van der Waals surface area contributed by atoms with Crippen molar-refractivity contribution in [3.8, 4) is 17.2 Å². The van der Waals surface area contributed by atoms with Gasteiger partial charge in [-0.05, 0) is 18.2 Å². The molecule has 1 N–H and O–H groups in total. The van der Waals surface area contributed by atoms with Crippen molar-refractivity contribution >= 4 is 11.6 Å². The molecule has 4 nitrogen and oxygen atoms in total. The van der Waals surface area contributed by atoms with E-state index in [0.29, 0.717) is 11.1 Å². The lowest BCUT2D eigenvalue weighted by Gasteiger charge is -2.17. The SMILES string of the molecule is O=C1c2ccccc2C(=O)c2c(O)cccc21.c1ccc2c(c1)O2. The fraction of sp³-hybridized carbons (Fsp3) is 0. The summed E-state index contributed by atoms with van der Waals surface area (Å²) < 4.78 is 4.94. The monoisotopic (exact) mass is 316 g/mol. The zero-order chi connectivity index (χ0) is 16.7. The van der Waals surface area contributed by atoms with E-state index in [1.165, 1.54) is 6.07 Å². The average Bonchev–Trinajstić information content (AvgIpc) is 3.40. The highest BCUT2D eigenvalue weighted by molar-refractivity contribution is 6.29. The molecule has 0 fully saturated rings. The molecule has 3 aromatic carbocycles. The first-order valence-corrected chi connectivity index (χ1v) is 7.44. The van der Waals surface area contributed by atoms with Gasteiger partial charge in [-0.25, -0.2) is 0 Å². The lowest BCUT2D eigenvalue weighted by atomic mass is 9.84. The highest BCUT2D eigenvalue weighted by Gasteiger charge is 2.31. The van der Waals surface area contributed by atoms with E-state index in [9.17, 15) is 14.7 Å². The zero-order valence-corrected chi connectivity index (χ0v) is 12.5. The van der Waals surface area contributed by atoms with E-state index in [0.717, 1.165) is 11.5 Å². The van der Waals surface area contributed by atoms with Crippen LogP contribution >= 0.6 is 0 Å². The summed E-state index contributed by atoms with van der Waals surface area (Å²) in [4.78, 5) is 24.3. The second kappa shape index (κ2) is 5.35. The summed E-state index contributed by atoms with van der Waals surface area (Å²) in [5.74, 6) is 1.40. The maximum atomic E-state index is 12.2. The Bertz CT molecular complexity index is 967. The molecule has 1 heterocycles. The Labute approximate surface area is 138 Å². The summed E-state index contributed by atoms with van der Waals surface area (Å²) in [7, 11) is 0. The van der Waals surface area contributed by atoms with Crippen LogP contribution in [-0.2, 0) is 0 Å². The standard InChI is InChI=1S/C14H8O3.C6H4O/c15-11-7-3-6-10-12(11)14(17)9-5-2-1-4-8(9)13(10)16;1-2-4-6-5(3-1)7-6/h1-7,15H;1-4H. The normalized spacial score (nSPS) is 12.8. The third-order valence-electron chi connectivity index (χ3n) is 3.96. The molecule has 0 unspecified atom stereocenters. The van der Waals surface area contributed by atoms with E-state index in [2.05, 4.69) is 0 Å². The molecule has 0 spiro atoms. The van der Waals surface area contributed by atoms with E-state index >= 15 is 0 Å². The van der Waals surface area contributed by atoms with Gasteiger partial charge >= 0.3 is 0 Å². The van der Waals surface area contributed by atoms with Crippen molar-refractivity contribution in [3.63, 3.8) is 0 Å². The number of hydrogen-bond acceptors (Lipinski definition) is 4. The maximum Gasteiger partial charge on any atom is 0.198 e. The molecule has 0 bridgehead atoms. The maximum absolute atomic E-state index is 12.2. The molecule has 116 valence electrons. The van der Waals surface area contributed by atoms with Crippen LogP contribution in [0.4, 0.5) is 0 Å². The molecule has 1 aliphatic heterocycles. The van der Waals surface area contributed by atoms with Gasteiger partial charge in [-0.15, -0.1) is 0 Å². The van der Waals surface area contributed by atoms with Gasteiger partial charge in [0.2, 0.25) is 0 Å². The lowest BCUT2D eigenvalue weighted by molar-refractivity contribution is 0.0976. The number of ketones is 2. The van der Waals surface area contributed by atoms with Crippen molar-refractivity contribution in [1.82, 2.24) is 0 Å². The molecular formula is C20H12O4. The van der Waals surface area contributed by atoms with Gasteiger partial charge in [0.25, 0.3) is 0 Å². The lowest BCUT2D eigenvalue weighted by Crippen LogP contribution is -2.20. The summed E-state index contributed by atoms with van der Waals surface area (Å²) in [6, 6.07) is 19.0. The molecule has 5 rings (SSSR count). The van der Waals surface area contributed by atoms with E-state index in [4.69, 9.17) is 4.74 Å². The Morgan fingerprint density at radius 3 is 1.79 bits per heavy atom. The molecule has 0 radical (unpaired) electrons. The van der Waals surface area contributed by atoms with Gasteiger partial charge in [0.15, 0.2) is 23.1 Å². The smallest absolute Gasteiger partial charge is 0.198 e. The Morgan fingerprint density at radius 2 is 1.17 bits per heavy atom. The summed E-state index contributed by atoms with van der Waals surface area (Å²) in [5, 5.41) is 9.70. The first-order chi connectivity index (χ1) is 11.7. The van der Waals surface area contributed by atoms with Crippen LogP contribution < -0.4 is 4.74 Å². The number of carbonyl (C=O) groups excluding carboxylic acids is 2. The number of rotatable bonds is 0. The van der Waals surface area contributed by atoms with Crippen molar-refractivity contribution < 1.29 is 19.4 Å². The Morgan fingerprint density at radius 1 is 0.625 bits per heavy atom. The van der Waals surface area contributed by atoms with E-state index in [-0.39, 0.29) is 28.4 Å². The molecule has 2 aliphatic rings. The summed E-state index contributed by atoms with van der Waals surface area (Å²) >= 11 is 0. The van der Waals surface area contributed by atoms with Gasteiger partial charge in [-0.1, -0.05) is 48.5 Å². The van der Waals surface area contributed by atoms with Gasteiger partial charge in [0.05, 0.1) is 5.56 Å². The molecule has 0 saturated carbocycles. The third-order valence-corrected chi connectivity index (χ3v) is 3.96. The number of hydrogen-bond donors (Lipinski definition) is 1. The number of ether oxygens (including phenoxy) is 1. The Hall–Kier alpha value is -3.40. The van der Waals surface area contributed by atoms with Gasteiger partial charge < -0.3 is 9.84 Å². The second-order valence-corrected chi connectivity index (χ2v) is 5.45. The van der Waals surface area contributed by atoms with Crippen molar-refractivity contribution in [2.45, 2.75) is 0 Å². The highest BCUT2D eigenvalue weighted by Crippen LogP contribution is 2.43. The molecule has 3 aromatic rings. The van der Waals surface area contributed by atoms with Crippen LogP contribution in [0.5, 0.6) is 17.2 Å². The minimum atomic E-state index is -0.298. The zero-order valence-electron chi connectivity index (χ0n) is 12.5. The third kappa shape index (κ3) is 2.25. The largest absolute Gasteiger partial charge is 0.507 e. The Kier molecular flexibility index (Phi) is 3.17. The molecule has 0 amide bonds. The molecule has 0 atom stereocenters. The summed E-state index contributed by atoms with van der Waals surface area (Å²) in [6.07, 6.45) is 0. The number of carbonyl (C=O) groups is 2. The van der Waals surface area contributed by atoms with Crippen molar-refractivity contribution in [3.05, 3.63) is 89.0 Å². The van der Waals surface area contributed by atoms with Crippen molar-refractivity contribution in [1.29, 1.82) is 0 Å². The predicted molar refractivity (Wildman–Crippen MR) is 87.9 cm³/mol. The van der Waals surface area contributed by atoms with Gasteiger partial charge in [-0.3, -0.25) is 9.59 Å². The van der Waals surface area contributed by atoms with E-state index in [1.807, 2.05) is 24.3 Å². The molecule has 0 saturated heterocycles. The molecule has 24 heavy (non-hydrogen) atoms. The number of para-hydroxylation sites is 2. The van der Waals surface area contributed by atoms with Crippen molar-refractivity contribution in [2.75, 3.05) is 0 Å². The van der Waals surface area contributed by atoms with Crippen LogP contribution in [0.25, 0.3) is 0 Å². The van der Waals surface area contributed by atoms with Crippen LogP contribution in [0.3, 0.4) is 0 Å². The Balaban J connectivity index is 0.000000172. The average molecular weight is 316 g/mol. The fourth-order valence-corrected chi connectivity index (χ4v) is 2.74. The van der Waals surface area contributed by atoms with Gasteiger partial charge in [0, 0.05) is 16.7 Å². The quantitative estimate of drug-likeness (QED) is 0.439. The van der Waals surface area contributed by atoms with E-state index < -0.39 is 0 Å². The first-order valence-electron chi connectivity index (χ1n) is 7.44. The number of aromatic hydroxyl groups is 1. The van der Waals surface area contributed by atoms with Gasteiger partial charge in [0.1, 0.15) is 5.75 Å². The fourth-order valence-electron chi connectivity index (χ4n) is 2.74.